The molecule has 0 aliphatic carbocycles. The molecule has 0 unspecified atom stereocenters. The minimum absolute atomic E-state index is 0.0469. The van der Waals surface area contributed by atoms with E-state index in [-0.39, 0.29) is 35.7 Å². The fourth-order valence-electron chi connectivity index (χ4n) is 4.57. The van der Waals surface area contributed by atoms with Gasteiger partial charge in [-0.1, -0.05) is 65.0 Å². The van der Waals surface area contributed by atoms with Crippen molar-refractivity contribution in [2.75, 3.05) is 33.7 Å². The first kappa shape index (κ1) is 29.8. The van der Waals surface area contributed by atoms with Crippen LogP contribution in [0.1, 0.15) is 66.4 Å². The number of rotatable bonds is 11. The summed E-state index contributed by atoms with van der Waals surface area (Å²) in [5, 5.41) is 3.03. The zero-order valence-electron chi connectivity index (χ0n) is 23.7. The van der Waals surface area contributed by atoms with Crippen molar-refractivity contribution in [3.05, 3.63) is 35.9 Å². The molecule has 0 radical (unpaired) electrons. The van der Waals surface area contributed by atoms with Crippen molar-refractivity contribution in [1.29, 1.82) is 0 Å². The van der Waals surface area contributed by atoms with Gasteiger partial charge in [0.25, 0.3) is 0 Å². The molecule has 1 N–H and O–H groups in total. The second kappa shape index (κ2) is 13.2. The fourth-order valence-corrected chi connectivity index (χ4v) is 4.57. The van der Waals surface area contributed by atoms with Gasteiger partial charge in [0, 0.05) is 31.6 Å². The third-order valence-electron chi connectivity index (χ3n) is 7.50. The first-order valence-electron chi connectivity index (χ1n) is 13.5. The molecule has 1 aromatic rings. The maximum Gasteiger partial charge on any atom is 0.246 e. The number of nitrogens with zero attached hydrogens (tertiary/aromatic N) is 3. The van der Waals surface area contributed by atoms with E-state index in [2.05, 4.69) is 17.4 Å². The van der Waals surface area contributed by atoms with Gasteiger partial charge >= 0.3 is 0 Å². The Bertz CT molecular complexity index is 865. The van der Waals surface area contributed by atoms with Crippen LogP contribution in [-0.4, -0.2) is 84.3 Å². The highest BCUT2D eigenvalue weighted by Crippen LogP contribution is 2.27. The highest BCUT2D eigenvalue weighted by molar-refractivity contribution is 5.90. The second-order valence-corrected chi connectivity index (χ2v) is 11.6. The third kappa shape index (κ3) is 8.05. The predicted octanol–water partition coefficient (Wildman–Crippen LogP) is 3.58. The Hall–Kier alpha value is -2.41. The van der Waals surface area contributed by atoms with Crippen LogP contribution in [0.25, 0.3) is 0 Å². The molecular weight excluding hydrogens is 452 g/mol. The Morgan fingerprint density at radius 3 is 2.31 bits per heavy atom. The van der Waals surface area contributed by atoms with E-state index in [1.165, 1.54) is 5.56 Å². The van der Waals surface area contributed by atoms with Crippen LogP contribution in [0.3, 0.4) is 0 Å². The van der Waals surface area contributed by atoms with Crippen molar-refractivity contribution >= 4 is 17.7 Å². The van der Waals surface area contributed by atoms with Crippen LogP contribution in [0.5, 0.6) is 0 Å². The van der Waals surface area contributed by atoms with Crippen LogP contribution < -0.4 is 5.32 Å². The largest absolute Gasteiger partial charge is 0.342 e. The van der Waals surface area contributed by atoms with Gasteiger partial charge < -0.3 is 15.1 Å². The van der Waals surface area contributed by atoms with E-state index < -0.39 is 11.5 Å². The van der Waals surface area contributed by atoms with Crippen molar-refractivity contribution in [1.82, 2.24) is 20.0 Å². The lowest BCUT2D eigenvalue weighted by Crippen LogP contribution is -2.59. The second-order valence-electron chi connectivity index (χ2n) is 11.6. The molecule has 202 valence electrons. The monoisotopic (exact) mass is 500 g/mol. The molecule has 4 atom stereocenters. The van der Waals surface area contributed by atoms with E-state index in [0.717, 1.165) is 25.7 Å². The van der Waals surface area contributed by atoms with Gasteiger partial charge in [-0.25, -0.2) is 0 Å². The molecule has 36 heavy (non-hydrogen) atoms. The molecule has 1 aliphatic heterocycles. The molecule has 1 saturated heterocycles. The molecule has 1 heterocycles. The van der Waals surface area contributed by atoms with Crippen LogP contribution in [0, 0.1) is 11.3 Å². The average Bonchev–Trinajstić information content (AvgIpc) is 3.31. The van der Waals surface area contributed by atoms with Gasteiger partial charge in [-0.3, -0.25) is 19.3 Å². The highest BCUT2D eigenvalue weighted by atomic mass is 16.2. The predicted molar refractivity (Wildman–Crippen MR) is 145 cm³/mol. The average molecular weight is 501 g/mol. The lowest BCUT2D eigenvalue weighted by atomic mass is 9.85. The molecule has 7 nitrogen and oxygen atoms in total. The van der Waals surface area contributed by atoms with Crippen molar-refractivity contribution in [3.8, 4) is 0 Å². The first-order chi connectivity index (χ1) is 16.9. The van der Waals surface area contributed by atoms with E-state index in [1.54, 1.807) is 0 Å². The van der Waals surface area contributed by atoms with Gasteiger partial charge in [0.15, 0.2) is 0 Å². The van der Waals surface area contributed by atoms with Crippen LogP contribution in [0.15, 0.2) is 30.3 Å². The van der Waals surface area contributed by atoms with Crippen LogP contribution in [0.4, 0.5) is 0 Å². The summed E-state index contributed by atoms with van der Waals surface area (Å²) < 4.78 is 0. The van der Waals surface area contributed by atoms with E-state index in [4.69, 9.17) is 0 Å². The maximum absolute atomic E-state index is 13.8. The lowest BCUT2D eigenvalue weighted by Gasteiger charge is -2.38. The molecule has 1 aliphatic rings. The number of likely N-dealkylation sites (N-methyl/N-ethyl adjacent to an activating group) is 1. The first-order valence-corrected chi connectivity index (χ1v) is 13.5. The van der Waals surface area contributed by atoms with E-state index in [1.807, 2.05) is 88.5 Å². The number of hydrogen-bond acceptors (Lipinski definition) is 4. The quantitative estimate of drug-likeness (QED) is 0.504. The van der Waals surface area contributed by atoms with E-state index >= 15 is 0 Å². The van der Waals surface area contributed by atoms with Crippen molar-refractivity contribution in [3.63, 3.8) is 0 Å². The number of hydrogen-bond donors (Lipinski definition) is 1. The summed E-state index contributed by atoms with van der Waals surface area (Å²) in [6, 6.07) is 9.20. The van der Waals surface area contributed by atoms with Crippen LogP contribution >= 0.6 is 0 Å². The Labute approximate surface area is 218 Å². The maximum atomic E-state index is 13.8. The zero-order chi connectivity index (χ0) is 27.0. The SMILES string of the molecule is CC[C@@H](C)C(=O)N(CCc1ccccc1)C[C@@H]1CCCN1C(=O)[C@@H](NC(=O)[C@H](C)N(C)C)C(C)(C)C. The van der Waals surface area contributed by atoms with Crippen molar-refractivity contribution in [2.24, 2.45) is 11.3 Å². The van der Waals surface area contributed by atoms with Crippen LogP contribution in [0.2, 0.25) is 0 Å². The van der Waals surface area contributed by atoms with Gasteiger partial charge in [-0.05, 0) is 57.7 Å². The van der Waals surface area contributed by atoms with Gasteiger partial charge in [-0.15, -0.1) is 0 Å². The molecule has 0 spiro atoms. The molecule has 3 amide bonds. The van der Waals surface area contributed by atoms with Crippen molar-refractivity contribution < 1.29 is 14.4 Å². The Morgan fingerprint density at radius 2 is 1.75 bits per heavy atom. The summed E-state index contributed by atoms with van der Waals surface area (Å²) >= 11 is 0. The molecule has 0 bridgehead atoms. The summed E-state index contributed by atoms with van der Waals surface area (Å²) in [5.74, 6) is -0.113. The highest BCUT2D eigenvalue weighted by Gasteiger charge is 2.41. The summed E-state index contributed by atoms with van der Waals surface area (Å²) in [4.78, 5) is 45.7. The van der Waals surface area contributed by atoms with Crippen molar-refractivity contribution in [2.45, 2.75) is 85.4 Å². The normalized spacial score (nSPS) is 18.6. The minimum atomic E-state index is -0.629. The van der Waals surface area contributed by atoms with Gasteiger partial charge in [0.2, 0.25) is 17.7 Å². The Balaban J connectivity index is 2.20. The topological polar surface area (TPSA) is 73.0 Å². The molecular formula is C29H48N4O3. The lowest BCUT2D eigenvalue weighted by molar-refractivity contribution is -0.143. The summed E-state index contributed by atoms with van der Waals surface area (Å²) in [6.45, 7) is 13.6. The Morgan fingerprint density at radius 1 is 1.11 bits per heavy atom. The molecule has 0 saturated carbocycles. The number of amides is 3. The summed E-state index contributed by atoms with van der Waals surface area (Å²) in [7, 11) is 3.71. The minimum Gasteiger partial charge on any atom is -0.342 e. The smallest absolute Gasteiger partial charge is 0.246 e. The molecule has 0 aromatic heterocycles. The number of carbonyl (C=O) groups excluding carboxylic acids is 3. The van der Waals surface area contributed by atoms with E-state index in [0.29, 0.717) is 19.6 Å². The van der Waals surface area contributed by atoms with Crippen LogP contribution in [-0.2, 0) is 20.8 Å². The number of benzene rings is 1. The molecule has 7 heteroatoms. The third-order valence-corrected chi connectivity index (χ3v) is 7.50. The zero-order valence-corrected chi connectivity index (χ0v) is 23.7. The molecule has 1 fully saturated rings. The number of carbonyl (C=O) groups is 3. The van der Waals surface area contributed by atoms with E-state index in [9.17, 15) is 14.4 Å². The summed E-state index contributed by atoms with van der Waals surface area (Å²) in [5.41, 5.74) is 0.759. The fraction of sp³-hybridized carbons (Fsp3) is 0.690. The van der Waals surface area contributed by atoms with Gasteiger partial charge in [0.05, 0.1) is 6.04 Å². The van der Waals surface area contributed by atoms with Gasteiger partial charge in [0.1, 0.15) is 6.04 Å². The standard InChI is InChI=1S/C29H48N4O3/c1-9-21(2)27(35)32(19-17-23-14-11-10-12-15-23)20-24-16-13-18-33(24)28(36)25(29(4,5)6)30-26(34)22(3)31(7)8/h10-12,14-15,21-22,24-25H,9,13,16-20H2,1-8H3,(H,30,34)/t21-,22+,24+,25-/m1/s1. The number of nitrogens with one attached hydrogen (secondary N) is 1. The number of likely N-dealkylation sites (tertiary alicyclic amines) is 1. The molecule has 1 aromatic carbocycles. The van der Waals surface area contributed by atoms with Gasteiger partial charge in [-0.2, -0.15) is 0 Å². The summed E-state index contributed by atoms with van der Waals surface area (Å²) in [6.07, 6.45) is 3.34. The molecule has 2 rings (SSSR count). The Kier molecular flexibility index (Phi) is 11.0.